The number of aliphatic hydroxyl groups excluding tert-OH is 2. The number of ether oxygens (including phenoxy) is 2. The second-order valence-corrected chi connectivity index (χ2v) is 8.94. The smallest absolute Gasteiger partial charge is 0.308 e. The van der Waals surface area contributed by atoms with Gasteiger partial charge in [-0.25, -0.2) is 0 Å². The summed E-state index contributed by atoms with van der Waals surface area (Å²) in [6.07, 6.45) is 0.796. The van der Waals surface area contributed by atoms with Gasteiger partial charge >= 0.3 is 5.97 Å². The average molecular weight is 386 g/mol. The van der Waals surface area contributed by atoms with Crippen molar-refractivity contribution >= 4 is 11.8 Å². The summed E-state index contributed by atoms with van der Waals surface area (Å²) in [6, 6.07) is 0. The zero-order valence-corrected chi connectivity index (χ0v) is 16.9. The highest BCUT2D eigenvalue weighted by molar-refractivity contribution is 5.88. The normalized spacial score (nSPS) is 41.5. The van der Waals surface area contributed by atoms with Crippen LogP contribution in [0.25, 0.3) is 0 Å². The molecule has 7 heteroatoms. The summed E-state index contributed by atoms with van der Waals surface area (Å²) in [5.74, 6) is -1.76. The van der Waals surface area contributed by atoms with Gasteiger partial charge in [0.15, 0.2) is 0 Å². The first kappa shape index (κ1) is 22.3. The number of esters is 1. The molecule has 0 saturated carbocycles. The van der Waals surface area contributed by atoms with Crippen molar-refractivity contribution in [1.29, 1.82) is 0 Å². The Morgan fingerprint density at radius 1 is 1.19 bits per heavy atom. The van der Waals surface area contributed by atoms with Crippen LogP contribution in [-0.4, -0.2) is 59.0 Å². The van der Waals surface area contributed by atoms with Crippen LogP contribution in [0, 0.1) is 17.3 Å². The topological polar surface area (TPSA) is 122 Å². The van der Waals surface area contributed by atoms with Gasteiger partial charge in [0.25, 0.3) is 0 Å². The number of carbonyl (C=O) groups is 2. The molecule has 0 amide bonds. The van der Waals surface area contributed by atoms with E-state index < -0.39 is 29.5 Å². The van der Waals surface area contributed by atoms with Crippen LogP contribution in [0.5, 0.6) is 0 Å². The zero-order chi connectivity index (χ0) is 20.4. The fourth-order valence-electron chi connectivity index (χ4n) is 4.01. The number of fused-ring (bicyclic) bond motifs is 1. The molecule has 156 valence electrons. The van der Waals surface area contributed by atoms with Crippen molar-refractivity contribution in [1.82, 2.24) is 0 Å². The molecule has 2 saturated heterocycles. The lowest BCUT2D eigenvalue weighted by Gasteiger charge is -2.35. The molecule has 7 nitrogen and oxygen atoms in total. The Kier molecular flexibility index (Phi) is 7.06. The van der Waals surface area contributed by atoms with E-state index in [1.165, 1.54) is 0 Å². The Morgan fingerprint density at radius 3 is 2.48 bits per heavy atom. The molecule has 0 aliphatic carbocycles. The van der Waals surface area contributed by atoms with Crippen LogP contribution in [-0.2, 0) is 19.1 Å². The van der Waals surface area contributed by atoms with Gasteiger partial charge in [0.1, 0.15) is 5.78 Å². The molecule has 0 aromatic rings. The number of Topliss-reactive ketones (excluding diaryl/α,β-unsaturated/α-hetero) is 1. The SMILES string of the molecule is CC1CCCC2(C)OC2CCOC(=O)CC(O)C(C)(C)C(=O)C(CN)C1O. The van der Waals surface area contributed by atoms with E-state index in [0.29, 0.717) is 6.42 Å². The molecule has 4 N–H and O–H groups in total. The van der Waals surface area contributed by atoms with Crippen LogP contribution in [0.4, 0.5) is 0 Å². The lowest BCUT2D eigenvalue weighted by molar-refractivity contribution is -0.151. The summed E-state index contributed by atoms with van der Waals surface area (Å²) in [7, 11) is 0. The second kappa shape index (κ2) is 8.55. The molecular weight excluding hydrogens is 350 g/mol. The predicted molar refractivity (Wildman–Crippen MR) is 99.8 cm³/mol. The zero-order valence-electron chi connectivity index (χ0n) is 16.9. The number of rotatable bonds is 1. The van der Waals surface area contributed by atoms with Gasteiger partial charge < -0.3 is 25.4 Å². The molecule has 0 bridgehead atoms. The number of cyclic esters (lactones) is 1. The molecule has 0 radical (unpaired) electrons. The first-order valence-electron chi connectivity index (χ1n) is 9.97. The summed E-state index contributed by atoms with van der Waals surface area (Å²) in [5.41, 5.74) is 4.38. The lowest BCUT2D eigenvalue weighted by Crippen LogP contribution is -2.49. The predicted octanol–water partition coefficient (Wildman–Crippen LogP) is 1.18. The van der Waals surface area contributed by atoms with Crippen molar-refractivity contribution in [2.75, 3.05) is 13.2 Å². The standard InChI is InChI=1S/C20H35NO6/c1-12-6-5-8-20(4)15(27-20)7-9-26-16(23)10-14(22)19(2,3)18(25)13(11-21)17(12)24/h12-15,17,22,24H,5-11,21H2,1-4H3. The Labute approximate surface area is 161 Å². The molecule has 0 spiro atoms. The minimum atomic E-state index is -1.21. The van der Waals surface area contributed by atoms with Crippen molar-refractivity contribution in [3.8, 4) is 0 Å². The molecule has 2 rings (SSSR count). The van der Waals surface area contributed by atoms with Crippen LogP contribution in [0.3, 0.4) is 0 Å². The number of epoxide rings is 1. The third-order valence-corrected chi connectivity index (χ3v) is 6.43. The van der Waals surface area contributed by atoms with E-state index >= 15 is 0 Å². The number of nitrogens with two attached hydrogens (primary N) is 1. The second-order valence-electron chi connectivity index (χ2n) is 8.94. The number of hydrogen-bond donors (Lipinski definition) is 3. The Hall–Kier alpha value is -1.02. The first-order valence-corrected chi connectivity index (χ1v) is 9.97. The molecule has 0 aromatic carbocycles. The van der Waals surface area contributed by atoms with Crippen molar-refractivity contribution in [2.24, 2.45) is 23.0 Å². The van der Waals surface area contributed by atoms with Crippen LogP contribution >= 0.6 is 0 Å². The molecule has 6 atom stereocenters. The molecule has 2 fully saturated rings. The van der Waals surface area contributed by atoms with E-state index in [9.17, 15) is 19.8 Å². The third kappa shape index (κ3) is 5.08. The molecular formula is C20H35NO6. The highest BCUT2D eigenvalue weighted by Crippen LogP contribution is 2.43. The van der Waals surface area contributed by atoms with E-state index in [4.69, 9.17) is 15.2 Å². The first-order chi connectivity index (χ1) is 12.5. The highest BCUT2D eigenvalue weighted by atomic mass is 16.6. The number of aliphatic hydroxyl groups is 2. The molecule has 6 unspecified atom stereocenters. The van der Waals surface area contributed by atoms with E-state index in [2.05, 4.69) is 0 Å². The van der Waals surface area contributed by atoms with E-state index in [0.717, 1.165) is 19.3 Å². The number of carbonyl (C=O) groups excluding carboxylic acids is 2. The van der Waals surface area contributed by atoms with Crippen molar-refractivity contribution in [3.05, 3.63) is 0 Å². The van der Waals surface area contributed by atoms with Crippen LogP contribution in [0.2, 0.25) is 0 Å². The lowest BCUT2D eigenvalue weighted by atomic mass is 9.72. The number of hydrogen-bond acceptors (Lipinski definition) is 7. The Bertz CT molecular complexity index is 551. The van der Waals surface area contributed by atoms with Gasteiger partial charge in [0.05, 0.1) is 48.3 Å². The fourth-order valence-corrected chi connectivity index (χ4v) is 4.01. The van der Waals surface area contributed by atoms with E-state index in [1.54, 1.807) is 13.8 Å². The maximum Gasteiger partial charge on any atom is 0.308 e. The molecule has 2 heterocycles. The molecule has 27 heavy (non-hydrogen) atoms. The summed E-state index contributed by atoms with van der Waals surface area (Å²) >= 11 is 0. The number of ketones is 1. The average Bonchev–Trinajstić information content (AvgIpc) is 3.23. The summed E-state index contributed by atoms with van der Waals surface area (Å²) in [5, 5.41) is 21.2. The van der Waals surface area contributed by atoms with Gasteiger partial charge in [-0.3, -0.25) is 9.59 Å². The summed E-state index contributed by atoms with van der Waals surface area (Å²) in [6.45, 7) is 7.36. The largest absolute Gasteiger partial charge is 0.465 e. The van der Waals surface area contributed by atoms with E-state index in [-0.39, 0.29) is 43.0 Å². The van der Waals surface area contributed by atoms with Gasteiger partial charge in [-0.1, -0.05) is 27.2 Å². The van der Waals surface area contributed by atoms with Gasteiger partial charge in [-0.2, -0.15) is 0 Å². The van der Waals surface area contributed by atoms with Gasteiger partial charge in [0.2, 0.25) is 0 Å². The maximum atomic E-state index is 13.0. The molecule has 2 aliphatic heterocycles. The van der Waals surface area contributed by atoms with Crippen LogP contribution in [0.15, 0.2) is 0 Å². The highest BCUT2D eigenvalue weighted by Gasteiger charge is 2.51. The van der Waals surface area contributed by atoms with Gasteiger partial charge in [0, 0.05) is 13.0 Å². The van der Waals surface area contributed by atoms with Gasteiger partial charge in [-0.15, -0.1) is 0 Å². The van der Waals surface area contributed by atoms with Crippen molar-refractivity contribution in [3.63, 3.8) is 0 Å². The Morgan fingerprint density at radius 2 is 1.85 bits per heavy atom. The summed E-state index contributed by atoms with van der Waals surface area (Å²) in [4.78, 5) is 25.0. The quantitative estimate of drug-likeness (QED) is 0.457. The van der Waals surface area contributed by atoms with Crippen molar-refractivity contribution in [2.45, 2.75) is 83.7 Å². The molecule has 2 aliphatic rings. The maximum absolute atomic E-state index is 13.0. The minimum absolute atomic E-state index is 0.00611. The third-order valence-electron chi connectivity index (χ3n) is 6.43. The van der Waals surface area contributed by atoms with Gasteiger partial charge in [-0.05, 0) is 25.7 Å². The fraction of sp³-hybridized carbons (Fsp3) is 0.900. The van der Waals surface area contributed by atoms with Crippen LogP contribution < -0.4 is 5.73 Å². The summed E-state index contributed by atoms with van der Waals surface area (Å²) < 4.78 is 11.0. The minimum Gasteiger partial charge on any atom is -0.465 e. The van der Waals surface area contributed by atoms with E-state index in [1.807, 2.05) is 13.8 Å². The monoisotopic (exact) mass is 385 g/mol. The molecule has 0 aromatic heterocycles. The Balaban J connectivity index is 2.17. The van der Waals surface area contributed by atoms with Crippen LogP contribution in [0.1, 0.15) is 59.8 Å². The van der Waals surface area contributed by atoms with Crippen molar-refractivity contribution < 1.29 is 29.3 Å².